The van der Waals surface area contributed by atoms with Crippen molar-refractivity contribution in [3.8, 4) is 5.75 Å². The molecular weight excluding hydrogens is 374 g/mol. The van der Waals surface area contributed by atoms with Crippen molar-refractivity contribution in [2.75, 3.05) is 51.3 Å². The lowest BCUT2D eigenvalue weighted by Gasteiger charge is -2.36. The Kier molecular flexibility index (Phi) is 6.58. The number of likely N-dealkylation sites (tertiary alicyclic amines) is 1. The number of anilines is 1. The minimum Gasteiger partial charge on any atom is -0.495 e. The van der Waals surface area contributed by atoms with Crippen LogP contribution in [0.15, 0.2) is 48.5 Å². The van der Waals surface area contributed by atoms with Gasteiger partial charge in [0.25, 0.3) is 5.91 Å². The number of carbonyl (C=O) groups is 1. The van der Waals surface area contributed by atoms with Gasteiger partial charge in [0.05, 0.1) is 12.8 Å². The zero-order valence-electron chi connectivity index (χ0n) is 18.2. The van der Waals surface area contributed by atoms with Crippen LogP contribution in [0.5, 0.6) is 5.75 Å². The van der Waals surface area contributed by atoms with E-state index < -0.39 is 0 Å². The Morgan fingerprint density at radius 3 is 2.43 bits per heavy atom. The van der Waals surface area contributed by atoms with Crippen molar-refractivity contribution in [3.63, 3.8) is 0 Å². The van der Waals surface area contributed by atoms with Crippen molar-refractivity contribution in [3.05, 3.63) is 59.7 Å². The summed E-state index contributed by atoms with van der Waals surface area (Å²) in [6, 6.07) is 16.3. The minimum absolute atomic E-state index is 0.132. The normalized spacial score (nSPS) is 20.3. The highest BCUT2D eigenvalue weighted by Crippen LogP contribution is 2.28. The van der Waals surface area contributed by atoms with E-state index in [9.17, 15) is 4.79 Å². The highest BCUT2D eigenvalue weighted by molar-refractivity contribution is 5.94. The van der Waals surface area contributed by atoms with E-state index in [-0.39, 0.29) is 5.91 Å². The predicted octanol–water partition coefficient (Wildman–Crippen LogP) is 3.89. The Bertz CT molecular complexity index is 844. The molecule has 5 heteroatoms. The van der Waals surface area contributed by atoms with Crippen molar-refractivity contribution >= 4 is 11.6 Å². The molecule has 0 aromatic heterocycles. The molecule has 4 rings (SSSR count). The molecule has 5 nitrogen and oxygen atoms in total. The number of benzene rings is 2. The predicted molar refractivity (Wildman–Crippen MR) is 121 cm³/mol. The van der Waals surface area contributed by atoms with E-state index in [1.807, 2.05) is 35.2 Å². The van der Waals surface area contributed by atoms with Crippen LogP contribution in [0.2, 0.25) is 0 Å². The summed E-state index contributed by atoms with van der Waals surface area (Å²) in [4.78, 5) is 19.8. The summed E-state index contributed by atoms with van der Waals surface area (Å²) < 4.78 is 5.49. The van der Waals surface area contributed by atoms with Crippen LogP contribution in [-0.4, -0.2) is 62.1 Å². The molecule has 0 saturated carbocycles. The van der Waals surface area contributed by atoms with Crippen LogP contribution >= 0.6 is 0 Å². The Balaban J connectivity index is 1.33. The fourth-order valence-electron chi connectivity index (χ4n) is 4.67. The third kappa shape index (κ3) is 4.78. The summed E-state index contributed by atoms with van der Waals surface area (Å²) in [7, 11) is 1.70. The van der Waals surface area contributed by atoms with Gasteiger partial charge >= 0.3 is 0 Å². The molecule has 0 bridgehead atoms. The molecule has 2 heterocycles. The standard InChI is InChI=1S/C25H33N3O2/c1-20-6-5-13-26(18-20)19-21-9-11-22(12-10-21)25(29)28-16-14-27(15-17-28)23-7-3-4-8-24(23)30-2/h3-4,7-12,20H,5-6,13-19H2,1-2H3/t20-/m1/s1. The van der Waals surface area contributed by atoms with Crippen LogP contribution in [-0.2, 0) is 6.54 Å². The average Bonchev–Trinajstić information content (AvgIpc) is 2.79. The first kappa shape index (κ1) is 20.7. The third-order valence-corrected chi connectivity index (χ3v) is 6.34. The van der Waals surface area contributed by atoms with Gasteiger partial charge in [0.1, 0.15) is 5.75 Å². The maximum Gasteiger partial charge on any atom is 0.253 e. The van der Waals surface area contributed by atoms with Gasteiger partial charge in [-0.3, -0.25) is 9.69 Å². The van der Waals surface area contributed by atoms with E-state index in [0.29, 0.717) is 0 Å². The summed E-state index contributed by atoms with van der Waals surface area (Å²) in [5.41, 5.74) is 3.18. The summed E-state index contributed by atoms with van der Waals surface area (Å²) in [6.07, 6.45) is 2.63. The zero-order valence-corrected chi connectivity index (χ0v) is 18.2. The number of rotatable bonds is 5. The maximum absolute atomic E-state index is 13.0. The van der Waals surface area contributed by atoms with Crippen LogP contribution in [0.4, 0.5) is 5.69 Å². The molecule has 0 spiro atoms. The molecule has 1 amide bonds. The summed E-state index contributed by atoms with van der Waals surface area (Å²) in [5, 5.41) is 0. The number of hydrogen-bond acceptors (Lipinski definition) is 4. The van der Waals surface area contributed by atoms with E-state index in [2.05, 4.69) is 34.9 Å². The largest absolute Gasteiger partial charge is 0.495 e. The van der Waals surface area contributed by atoms with E-state index in [1.54, 1.807) is 7.11 Å². The van der Waals surface area contributed by atoms with Gasteiger partial charge in [-0.15, -0.1) is 0 Å². The van der Waals surface area contributed by atoms with Gasteiger partial charge in [0, 0.05) is 44.8 Å². The molecule has 2 fully saturated rings. The van der Waals surface area contributed by atoms with Crippen LogP contribution in [0.1, 0.15) is 35.7 Å². The molecule has 0 unspecified atom stereocenters. The summed E-state index contributed by atoms with van der Waals surface area (Å²) in [6.45, 7) is 8.76. The zero-order chi connectivity index (χ0) is 20.9. The molecule has 30 heavy (non-hydrogen) atoms. The average molecular weight is 408 g/mol. The fourth-order valence-corrected chi connectivity index (χ4v) is 4.67. The number of methoxy groups -OCH3 is 1. The summed E-state index contributed by atoms with van der Waals surface area (Å²) in [5.74, 6) is 1.80. The first-order chi connectivity index (χ1) is 14.6. The quantitative estimate of drug-likeness (QED) is 0.753. The van der Waals surface area contributed by atoms with Gasteiger partial charge < -0.3 is 14.5 Å². The second kappa shape index (κ2) is 9.52. The minimum atomic E-state index is 0.132. The molecule has 2 aliphatic rings. The second-order valence-corrected chi connectivity index (χ2v) is 8.63. The molecule has 160 valence electrons. The van der Waals surface area contributed by atoms with Gasteiger partial charge in [0.2, 0.25) is 0 Å². The molecule has 2 aromatic carbocycles. The van der Waals surface area contributed by atoms with Gasteiger partial charge in [0.15, 0.2) is 0 Å². The SMILES string of the molecule is COc1ccccc1N1CCN(C(=O)c2ccc(CN3CCC[C@@H](C)C3)cc2)CC1. The first-order valence-electron chi connectivity index (χ1n) is 11.1. The van der Waals surface area contributed by atoms with E-state index in [0.717, 1.165) is 55.6 Å². The van der Waals surface area contributed by atoms with E-state index >= 15 is 0 Å². The molecule has 1 atom stereocenters. The van der Waals surface area contributed by atoms with Crippen LogP contribution in [0, 0.1) is 5.92 Å². The lowest BCUT2D eigenvalue weighted by molar-refractivity contribution is 0.0746. The monoisotopic (exact) mass is 407 g/mol. The number of nitrogens with zero attached hydrogens (tertiary/aromatic N) is 3. The number of para-hydroxylation sites is 2. The van der Waals surface area contributed by atoms with Crippen LogP contribution in [0.25, 0.3) is 0 Å². The van der Waals surface area contributed by atoms with E-state index in [1.165, 1.54) is 31.5 Å². The molecule has 2 saturated heterocycles. The van der Waals surface area contributed by atoms with Gasteiger partial charge in [-0.1, -0.05) is 31.2 Å². The van der Waals surface area contributed by atoms with Gasteiger partial charge in [-0.05, 0) is 55.1 Å². The first-order valence-corrected chi connectivity index (χ1v) is 11.1. The molecule has 2 aliphatic heterocycles. The fraction of sp³-hybridized carbons (Fsp3) is 0.480. The van der Waals surface area contributed by atoms with Crippen molar-refractivity contribution in [1.29, 1.82) is 0 Å². The molecule has 2 aromatic rings. The van der Waals surface area contributed by atoms with Crippen LogP contribution in [0.3, 0.4) is 0 Å². The third-order valence-electron chi connectivity index (χ3n) is 6.34. The number of piperidine rings is 1. The highest BCUT2D eigenvalue weighted by Gasteiger charge is 2.24. The Labute approximate surface area is 180 Å². The second-order valence-electron chi connectivity index (χ2n) is 8.63. The number of piperazine rings is 1. The van der Waals surface area contributed by atoms with Gasteiger partial charge in [-0.25, -0.2) is 0 Å². The van der Waals surface area contributed by atoms with Crippen LogP contribution < -0.4 is 9.64 Å². The number of amides is 1. The van der Waals surface area contributed by atoms with Crippen molar-refractivity contribution in [2.24, 2.45) is 5.92 Å². The molecule has 0 aliphatic carbocycles. The van der Waals surface area contributed by atoms with E-state index in [4.69, 9.17) is 4.74 Å². The number of ether oxygens (including phenoxy) is 1. The molecular formula is C25H33N3O2. The Morgan fingerprint density at radius 1 is 1.00 bits per heavy atom. The molecule has 0 radical (unpaired) electrons. The smallest absolute Gasteiger partial charge is 0.253 e. The van der Waals surface area contributed by atoms with Gasteiger partial charge in [-0.2, -0.15) is 0 Å². The van der Waals surface area contributed by atoms with Crippen molar-refractivity contribution < 1.29 is 9.53 Å². The van der Waals surface area contributed by atoms with Crippen molar-refractivity contribution in [1.82, 2.24) is 9.80 Å². The maximum atomic E-state index is 13.0. The highest BCUT2D eigenvalue weighted by atomic mass is 16.5. The lowest BCUT2D eigenvalue weighted by Crippen LogP contribution is -2.48. The lowest BCUT2D eigenvalue weighted by atomic mass is 9.99. The number of carbonyl (C=O) groups excluding carboxylic acids is 1. The number of hydrogen-bond donors (Lipinski definition) is 0. The summed E-state index contributed by atoms with van der Waals surface area (Å²) >= 11 is 0. The topological polar surface area (TPSA) is 36.0 Å². The Morgan fingerprint density at radius 2 is 1.73 bits per heavy atom. The van der Waals surface area contributed by atoms with Crippen molar-refractivity contribution in [2.45, 2.75) is 26.3 Å². The molecule has 0 N–H and O–H groups in total. The Hall–Kier alpha value is -2.53.